The fraction of sp³-hybridized carbons (Fsp3) is 0.286. The topological polar surface area (TPSA) is 60.5 Å². The van der Waals surface area contributed by atoms with Crippen molar-refractivity contribution in [1.82, 2.24) is 10.3 Å². The summed E-state index contributed by atoms with van der Waals surface area (Å²) in [4.78, 5) is 18.5. The van der Waals surface area contributed by atoms with Crippen LogP contribution in [0.1, 0.15) is 9.88 Å². The number of thiophene rings is 1. The van der Waals surface area contributed by atoms with Crippen LogP contribution in [0.5, 0.6) is 0 Å². The van der Waals surface area contributed by atoms with Gasteiger partial charge in [0.15, 0.2) is 0 Å². The van der Waals surface area contributed by atoms with Crippen molar-refractivity contribution in [2.75, 3.05) is 13.2 Å². The molecule has 0 aromatic carbocycles. The summed E-state index contributed by atoms with van der Waals surface area (Å²) in [6, 6.07) is 4.03. The Morgan fingerprint density at radius 3 is 3.05 bits per heavy atom. The van der Waals surface area contributed by atoms with Gasteiger partial charge in [0.2, 0.25) is 5.76 Å². The third-order valence-electron chi connectivity index (χ3n) is 2.83. The van der Waals surface area contributed by atoms with Gasteiger partial charge in [0.1, 0.15) is 19.5 Å². The van der Waals surface area contributed by atoms with E-state index < -0.39 is 0 Å². The van der Waals surface area contributed by atoms with E-state index in [2.05, 4.69) is 10.3 Å². The van der Waals surface area contributed by atoms with Gasteiger partial charge in [0.25, 0.3) is 5.91 Å². The predicted octanol–water partition coefficient (Wildman–Crippen LogP) is 2.68. The fourth-order valence-electron chi connectivity index (χ4n) is 1.83. The van der Waals surface area contributed by atoms with Gasteiger partial charge in [-0.1, -0.05) is 0 Å². The Balaban J connectivity index is 1.60. The van der Waals surface area contributed by atoms with E-state index in [0.717, 1.165) is 20.5 Å². The van der Waals surface area contributed by atoms with Gasteiger partial charge in [0.05, 0.1) is 22.1 Å². The second-order valence-corrected chi connectivity index (χ2v) is 6.63. The molecule has 0 fully saturated rings. The van der Waals surface area contributed by atoms with E-state index in [0.29, 0.717) is 19.8 Å². The summed E-state index contributed by atoms with van der Waals surface area (Å²) in [6.07, 6.45) is 1.36. The molecule has 0 spiro atoms. The molecule has 0 aliphatic carbocycles. The monoisotopic (exact) mass is 322 g/mol. The van der Waals surface area contributed by atoms with Crippen molar-refractivity contribution in [1.29, 1.82) is 0 Å². The first-order valence-electron chi connectivity index (χ1n) is 6.46. The van der Waals surface area contributed by atoms with Crippen molar-refractivity contribution in [3.05, 3.63) is 39.4 Å². The van der Waals surface area contributed by atoms with Gasteiger partial charge in [-0.05, 0) is 19.1 Å². The smallest absolute Gasteiger partial charge is 0.289 e. The van der Waals surface area contributed by atoms with Gasteiger partial charge in [-0.3, -0.25) is 4.79 Å². The van der Waals surface area contributed by atoms with Gasteiger partial charge in [-0.15, -0.1) is 22.7 Å². The molecule has 3 heterocycles. The molecular weight excluding hydrogens is 308 g/mol. The first-order chi connectivity index (χ1) is 10.2. The van der Waals surface area contributed by atoms with Crippen molar-refractivity contribution < 1.29 is 14.3 Å². The van der Waals surface area contributed by atoms with E-state index >= 15 is 0 Å². The fourth-order valence-corrected chi connectivity index (χ4v) is 3.42. The maximum absolute atomic E-state index is 11.9. The number of hydrogen-bond acceptors (Lipinski definition) is 6. The Morgan fingerprint density at radius 2 is 2.33 bits per heavy atom. The van der Waals surface area contributed by atoms with Crippen molar-refractivity contribution in [3.63, 3.8) is 0 Å². The molecular formula is C14H14N2O3S2. The first-order valence-corrected chi connectivity index (χ1v) is 8.16. The third kappa shape index (κ3) is 3.43. The van der Waals surface area contributed by atoms with Crippen molar-refractivity contribution in [2.45, 2.75) is 13.5 Å². The number of rotatable bonds is 4. The number of aryl methyl sites for hydroxylation is 1. The van der Waals surface area contributed by atoms with E-state index in [4.69, 9.17) is 9.47 Å². The van der Waals surface area contributed by atoms with Crippen LogP contribution in [0.2, 0.25) is 0 Å². The van der Waals surface area contributed by atoms with Crippen LogP contribution in [0.15, 0.2) is 29.5 Å². The highest BCUT2D eigenvalue weighted by Gasteiger charge is 2.15. The van der Waals surface area contributed by atoms with Crippen LogP contribution in [-0.2, 0) is 20.8 Å². The summed E-state index contributed by atoms with van der Waals surface area (Å²) >= 11 is 3.26. The molecule has 2 aromatic heterocycles. The molecule has 0 saturated carbocycles. The average molecular weight is 322 g/mol. The Bertz CT molecular complexity index is 675. The van der Waals surface area contributed by atoms with Crippen molar-refractivity contribution in [2.24, 2.45) is 0 Å². The number of amides is 1. The van der Waals surface area contributed by atoms with E-state index in [1.165, 1.54) is 6.26 Å². The average Bonchev–Trinajstić information content (AvgIpc) is 3.14. The van der Waals surface area contributed by atoms with Gasteiger partial charge in [-0.25, -0.2) is 4.98 Å². The molecule has 7 heteroatoms. The van der Waals surface area contributed by atoms with Crippen LogP contribution in [0.25, 0.3) is 10.6 Å². The zero-order valence-electron chi connectivity index (χ0n) is 11.4. The number of nitrogens with zero attached hydrogens (tertiary/aromatic N) is 1. The standard InChI is InChI=1S/C14H14N2O3S2/c1-9-16-11(8-20-9)13-3-2-10(21-13)6-15-14(17)12-7-18-4-5-19-12/h2-3,7-8H,4-6H2,1H3,(H,15,17). The molecule has 1 aliphatic heterocycles. The third-order valence-corrected chi connectivity index (χ3v) is 4.71. The van der Waals surface area contributed by atoms with Crippen LogP contribution < -0.4 is 5.32 Å². The summed E-state index contributed by atoms with van der Waals surface area (Å²) in [5, 5.41) is 5.91. The highest BCUT2D eigenvalue weighted by molar-refractivity contribution is 7.16. The summed E-state index contributed by atoms with van der Waals surface area (Å²) in [5.41, 5.74) is 0.992. The summed E-state index contributed by atoms with van der Waals surface area (Å²) in [6.45, 7) is 3.35. The Kier molecular flexibility index (Phi) is 4.21. The van der Waals surface area contributed by atoms with Crippen LogP contribution >= 0.6 is 22.7 Å². The highest BCUT2D eigenvalue weighted by atomic mass is 32.1. The number of aromatic nitrogens is 1. The van der Waals surface area contributed by atoms with Gasteiger partial charge in [-0.2, -0.15) is 0 Å². The summed E-state index contributed by atoms with van der Waals surface area (Å²) < 4.78 is 10.3. The minimum absolute atomic E-state index is 0.230. The largest absolute Gasteiger partial charge is 0.494 e. The lowest BCUT2D eigenvalue weighted by Gasteiger charge is -2.14. The van der Waals surface area contributed by atoms with E-state index in [1.807, 2.05) is 24.4 Å². The quantitative estimate of drug-likeness (QED) is 0.940. The predicted molar refractivity (Wildman–Crippen MR) is 82.0 cm³/mol. The van der Waals surface area contributed by atoms with Gasteiger partial charge < -0.3 is 14.8 Å². The van der Waals surface area contributed by atoms with Gasteiger partial charge in [0, 0.05) is 10.3 Å². The normalized spacial score (nSPS) is 14.0. The molecule has 0 saturated heterocycles. The zero-order chi connectivity index (χ0) is 14.7. The Morgan fingerprint density at radius 1 is 1.43 bits per heavy atom. The number of carbonyl (C=O) groups is 1. The van der Waals surface area contributed by atoms with Crippen LogP contribution in [0, 0.1) is 6.92 Å². The molecule has 21 heavy (non-hydrogen) atoms. The molecule has 2 aromatic rings. The molecule has 110 valence electrons. The number of hydrogen-bond donors (Lipinski definition) is 1. The summed E-state index contributed by atoms with van der Waals surface area (Å²) in [5.74, 6) is -0.0256. The van der Waals surface area contributed by atoms with Crippen molar-refractivity contribution >= 4 is 28.6 Å². The molecule has 0 unspecified atom stereocenters. The molecule has 3 rings (SSSR count). The minimum Gasteiger partial charge on any atom is -0.494 e. The lowest BCUT2D eigenvalue weighted by molar-refractivity contribution is -0.122. The number of thiazole rings is 1. The minimum atomic E-state index is -0.255. The maximum Gasteiger partial charge on any atom is 0.289 e. The van der Waals surface area contributed by atoms with E-state index in [1.54, 1.807) is 22.7 Å². The van der Waals surface area contributed by atoms with Gasteiger partial charge >= 0.3 is 0 Å². The lowest BCUT2D eigenvalue weighted by atomic mass is 10.3. The van der Waals surface area contributed by atoms with Crippen LogP contribution in [0.4, 0.5) is 0 Å². The van der Waals surface area contributed by atoms with Crippen LogP contribution in [-0.4, -0.2) is 24.1 Å². The number of carbonyl (C=O) groups excluding carboxylic acids is 1. The molecule has 5 nitrogen and oxygen atoms in total. The molecule has 1 amide bonds. The lowest BCUT2D eigenvalue weighted by Crippen LogP contribution is -2.27. The molecule has 0 radical (unpaired) electrons. The second kappa shape index (κ2) is 6.28. The number of ether oxygens (including phenoxy) is 2. The van der Waals surface area contributed by atoms with Crippen LogP contribution in [0.3, 0.4) is 0 Å². The first kappa shape index (κ1) is 14.1. The number of nitrogens with one attached hydrogen (secondary N) is 1. The molecule has 1 aliphatic rings. The Hall–Kier alpha value is -1.86. The Labute approximate surface area is 130 Å². The molecule has 0 atom stereocenters. The van der Waals surface area contributed by atoms with E-state index in [-0.39, 0.29) is 11.7 Å². The molecule has 1 N–H and O–H groups in total. The van der Waals surface area contributed by atoms with E-state index in [9.17, 15) is 4.79 Å². The maximum atomic E-state index is 11.9. The van der Waals surface area contributed by atoms with Crippen molar-refractivity contribution in [3.8, 4) is 10.6 Å². The molecule has 0 bridgehead atoms. The SMILES string of the molecule is Cc1nc(-c2ccc(CNC(=O)C3=COCCO3)s2)cs1. The second-order valence-electron chi connectivity index (χ2n) is 4.40. The highest BCUT2D eigenvalue weighted by Crippen LogP contribution is 2.28. The zero-order valence-corrected chi connectivity index (χ0v) is 13.1. The summed E-state index contributed by atoms with van der Waals surface area (Å²) in [7, 11) is 0.